The number of hydrogen-bond donors (Lipinski definition) is 1. The number of halogens is 1. The normalized spacial score (nSPS) is 10.9. The zero-order valence-corrected chi connectivity index (χ0v) is 13.9. The van der Waals surface area contributed by atoms with Gasteiger partial charge in [-0.25, -0.2) is 13.2 Å². The van der Waals surface area contributed by atoms with Crippen molar-refractivity contribution < 1.29 is 22.7 Å². The van der Waals surface area contributed by atoms with Crippen LogP contribution in [0.1, 0.15) is 10.4 Å². The molecule has 0 spiro atoms. The average Bonchev–Trinajstić information content (AvgIpc) is 2.53. The van der Waals surface area contributed by atoms with E-state index in [0.717, 1.165) is 0 Å². The third kappa shape index (κ3) is 3.94. The molecule has 2 rings (SSSR count). The first-order valence-electron chi connectivity index (χ1n) is 6.42. The van der Waals surface area contributed by atoms with Gasteiger partial charge in [0.05, 0.1) is 30.4 Å². The largest absolute Gasteiger partial charge is 0.495 e. The van der Waals surface area contributed by atoms with Gasteiger partial charge in [0.1, 0.15) is 5.75 Å². The Morgan fingerprint density at radius 3 is 2.48 bits per heavy atom. The van der Waals surface area contributed by atoms with Gasteiger partial charge >= 0.3 is 5.97 Å². The molecule has 2 aromatic carbocycles. The number of carbonyl (C=O) groups excluding carboxylic acids is 1. The van der Waals surface area contributed by atoms with Crippen molar-refractivity contribution in [2.75, 3.05) is 18.9 Å². The van der Waals surface area contributed by atoms with Crippen LogP contribution < -0.4 is 9.46 Å². The smallest absolute Gasteiger partial charge is 0.337 e. The van der Waals surface area contributed by atoms with Crippen LogP contribution in [0.3, 0.4) is 0 Å². The van der Waals surface area contributed by atoms with Crippen LogP contribution in [0.25, 0.3) is 0 Å². The minimum absolute atomic E-state index is 0.00414. The quantitative estimate of drug-likeness (QED) is 0.834. The predicted molar refractivity (Wildman–Crippen MR) is 86.6 cm³/mol. The zero-order chi connectivity index (χ0) is 17.0. The van der Waals surface area contributed by atoms with Crippen molar-refractivity contribution in [2.24, 2.45) is 0 Å². The van der Waals surface area contributed by atoms with Gasteiger partial charge in [-0.05, 0) is 36.4 Å². The highest BCUT2D eigenvalue weighted by molar-refractivity contribution is 7.92. The number of benzene rings is 2. The number of nitrogens with one attached hydrogen (secondary N) is 1. The van der Waals surface area contributed by atoms with Gasteiger partial charge in [0.15, 0.2) is 0 Å². The molecule has 0 fully saturated rings. The summed E-state index contributed by atoms with van der Waals surface area (Å²) in [7, 11) is -1.25. The van der Waals surface area contributed by atoms with Crippen LogP contribution in [0.2, 0.25) is 5.02 Å². The molecule has 0 amide bonds. The van der Waals surface area contributed by atoms with Crippen LogP contribution in [0.15, 0.2) is 47.4 Å². The minimum atomic E-state index is -3.88. The van der Waals surface area contributed by atoms with Crippen LogP contribution in [-0.4, -0.2) is 28.6 Å². The molecule has 0 aliphatic heterocycles. The van der Waals surface area contributed by atoms with Gasteiger partial charge < -0.3 is 9.47 Å². The number of sulfonamides is 1. The summed E-state index contributed by atoms with van der Waals surface area (Å²) in [6.45, 7) is 0. The molecule has 0 unspecified atom stereocenters. The fourth-order valence-corrected chi connectivity index (χ4v) is 3.23. The lowest BCUT2D eigenvalue weighted by Gasteiger charge is -2.13. The first-order valence-corrected chi connectivity index (χ1v) is 8.28. The molecular weight excluding hydrogens is 342 g/mol. The Kier molecular flexibility index (Phi) is 5.12. The van der Waals surface area contributed by atoms with Crippen molar-refractivity contribution in [3.8, 4) is 5.75 Å². The molecule has 0 radical (unpaired) electrons. The maximum absolute atomic E-state index is 12.4. The Balaban J connectivity index is 2.43. The van der Waals surface area contributed by atoms with E-state index in [1.54, 1.807) is 6.07 Å². The van der Waals surface area contributed by atoms with Gasteiger partial charge in [0.25, 0.3) is 10.0 Å². The Labute approximate surface area is 139 Å². The van der Waals surface area contributed by atoms with Gasteiger partial charge in [-0.3, -0.25) is 4.72 Å². The van der Waals surface area contributed by atoms with E-state index >= 15 is 0 Å². The summed E-state index contributed by atoms with van der Waals surface area (Å²) in [4.78, 5) is 11.6. The molecule has 6 nitrogen and oxygen atoms in total. The Morgan fingerprint density at radius 1 is 1.13 bits per heavy atom. The standard InChI is InChI=1S/C15H14ClNO5S/c1-21-14-7-6-10(15(18)22-2)8-13(14)17-23(19,20)12-5-3-4-11(16)9-12/h3-9,17H,1-2H3. The summed E-state index contributed by atoms with van der Waals surface area (Å²) in [5.74, 6) is -0.320. The van der Waals surface area contributed by atoms with Crippen LogP contribution >= 0.6 is 11.6 Å². The molecule has 0 saturated carbocycles. The first kappa shape index (κ1) is 17.1. The molecule has 1 N–H and O–H groups in total. The summed E-state index contributed by atoms with van der Waals surface area (Å²) in [6.07, 6.45) is 0. The average molecular weight is 356 g/mol. The van der Waals surface area contributed by atoms with Gasteiger partial charge in [-0.15, -0.1) is 0 Å². The van der Waals surface area contributed by atoms with Crippen LogP contribution in [0, 0.1) is 0 Å². The zero-order valence-electron chi connectivity index (χ0n) is 12.4. The van der Waals surface area contributed by atoms with Crippen molar-refractivity contribution >= 4 is 33.3 Å². The number of rotatable bonds is 5. The second kappa shape index (κ2) is 6.89. The molecule has 8 heteroatoms. The van der Waals surface area contributed by atoms with E-state index in [1.807, 2.05) is 0 Å². The SMILES string of the molecule is COC(=O)c1ccc(OC)c(NS(=O)(=O)c2cccc(Cl)c2)c1. The second-order valence-electron chi connectivity index (χ2n) is 4.47. The maximum Gasteiger partial charge on any atom is 0.337 e. The minimum Gasteiger partial charge on any atom is -0.495 e. The molecule has 0 aliphatic rings. The summed E-state index contributed by atoms with van der Waals surface area (Å²) in [6, 6.07) is 10.1. The van der Waals surface area contributed by atoms with Crippen molar-refractivity contribution in [3.05, 3.63) is 53.1 Å². The van der Waals surface area contributed by atoms with Crippen molar-refractivity contribution in [1.82, 2.24) is 0 Å². The van der Waals surface area contributed by atoms with E-state index in [9.17, 15) is 13.2 Å². The van der Waals surface area contributed by atoms with E-state index in [-0.39, 0.29) is 21.9 Å². The summed E-state index contributed by atoms with van der Waals surface area (Å²) in [5, 5.41) is 0.295. The van der Waals surface area contributed by atoms with Gasteiger partial charge in [0, 0.05) is 5.02 Å². The van der Waals surface area contributed by atoms with E-state index in [1.165, 1.54) is 50.6 Å². The number of carbonyl (C=O) groups is 1. The molecule has 122 valence electrons. The van der Waals surface area contributed by atoms with Gasteiger partial charge in [-0.1, -0.05) is 17.7 Å². The number of anilines is 1. The number of hydrogen-bond acceptors (Lipinski definition) is 5. The topological polar surface area (TPSA) is 81.7 Å². The van der Waals surface area contributed by atoms with Crippen molar-refractivity contribution in [3.63, 3.8) is 0 Å². The molecule has 0 bridgehead atoms. The van der Waals surface area contributed by atoms with Gasteiger partial charge in [0.2, 0.25) is 0 Å². The molecular formula is C15H14ClNO5S. The molecule has 0 heterocycles. The molecule has 0 aliphatic carbocycles. The Hall–Kier alpha value is -2.25. The van der Waals surface area contributed by atoms with Crippen molar-refractivity contribution in [1.29, 1.82) is 0 Å². The van der Waals surface area contributed by atoms with E-state index in [4.69, 9.17) is 16.3 Å². The fraction of sp³-hybridized carbons (Fsp3) is 0.133. The Morgan fingerprint density at radius 2 is 1.87 bits per heavy atom. The molecule has 0 atom stereocenters. The lowest BCUT2D eigenvalue weighted by molar-refractivity contribution is 0.0600. The number of methoxy groups -OCH3 is 2. The van der Waals surface area contributed by atoms with Crippen LogP contribution in [-0.2, 0) is 14.8 Å². The second-order valence-corrected chi connectivity index (χ2v) is 6.59. The lowest BCUT2D eigenvalue weighted by Crippen LogP contribution is -2.14. The molecule has 0 aromatic heterocycles. The van der Waals surface area contributed by atoms with E-state index in [0.29, 0.717) is 5.02 Å². The monoisotopic (exact) mass is 355 g/mol. The highest BCUT2D eigenvalue weighted by atomic mass is 35.5. The van der Waals surface area contributed by atoms with Gasteiger partial charge in [-0.2, -0.15) is 0 Å². The van der Waals surface area contributed by atoms with E-state index in [2.05, 4.69) is 9.46 Å². The lowest BCUT2D eigenvalue weighted by atomic mass is 10.2. The Bertz CT molecular complexity index is 836. The summed E-state index contributed by atoms with van der Waals surface area (Å²) in [5.41, 5.74) is 0.312. The number of esters is 1. The summed E-state index contributed by atoms with van der Waals surface area (Å²) < 4.78 is 37.0. The van der Waals surface area contributed by atoms with E-state index < -0.39 is 16.0 Å². The summed E-state index contributed by atoms with van der Waals surface area (Å²) >= 11 is 5.82. The fourth-order valence-electron chi connectivity index (χ4n) is 1.87. The molecule has 23 heavy (non-hydrogen) atoms. The molecule has 0 saturated heterocycles. The third-order valence-corrected chi connectivity index (χ3v) is 4.57. The highest BCUT2D eigenvalue weighted by Crippen LogP contribution is 2.28. The third-order valence-electron chi connectivity index (χ3n) is 2.97. The molecule has 2 aromatic rings. The van der Waals surface area contributed by atoms with Crippen LogP contribution in [0.5, 0.6) is 5.75 Å². The number of ether oxygens (including phenoxy) is 2. The highest BCUT2D eigenvalue weighted by Gasteiger charge is 2.18. The first-order chi connectivity index (χ1) is 10.9. The maximum atomic E-state index is 12.4. The van der Waals surface area contributed by atoms with Crippen LogP contribution in [0.4, 0.5) is 5.69 Å². The van der Waals surface area contributed by atoms with Crippen molar-refractivity contribution in [2.45, 2.75) is 4.90 Å². The predicted octanol–water partition coefficient (Wildman–Crippen LogP) is 2.94.